The molecule has 0 atom stereocenters. The van der Waals surface area contributed by atoms with E-state index in [-0.39, 0.29) is 0 Å². The van der Waals surface area contributed by atoms with Gasteiger partial charge in [-0.3, -0.25) is 0 Å². The topological polar surface area (TPSA) is 0 Å². The maximum atomic E-state index is 4.97. The van der Waals surface area contributed by atoms with Crippen LogP contribution in [0.4, 0.5) is 0 Å². The van der Waals surface area contributed by atoms with Crippen molar-refractivity contribution in [2.45, 2.75) is 13.8 Å². The van der Waals surface area contributed by atoms with Crippen molar-refractivity contribution in [3.63, 3.8) is 0 Å². The Hall–Kier alpha value is 1.49. The van der Waals surface area contributed by atoms with E-state index < -0.39 is 14.7 Å². The molecular weight excluding hydrogens is 257 g/mol. The van der Waals surface area contributed by atoms with E-state index in [1.54, 1.807) is 0 Å². The minimum absolute atomic E-state index is 1.36. The molecule has 0 aromatic carbocycles. The summed E-state index contributed by atoms with van der Waals surface area (Å²) in [7, 11) is 16.3. The van der Waals surface area contributed by atoms with Crippen LogP contribution in [0.3, 0.4) is 0 Å². The number of hydrogen-bond donors (Lipinski definition) is 0. The van der Waals surface area contributed by atoms with Crippen LogP contribution in [-0.2, 0) is 14.7 Å². The number of hydrogen-bond acceptors (Lipinski definition) is 0. The molecule has 62 valence electrons. The Morgan fingerprint density at radius 2 is 1.64 bits per heavy atom. The fourth-order valence-corrected chi connectivity index (χ4v) is 1.39. The Kier molecular flexibility index (Phi) is 7.90. The number of allylic oxidation sites excluding steroid dienone is 2. The van der Waals surface area contributed by atoms with Gasteiger partial charge in [0, 0.05) is 6.16 Å². The van der Waals surface area contributed by atoms with Gasteiger partial charge in [-0.2, -0.15) is 0 Å². The van der Waals surface area contributed by atoms with E-state index in [2.05, 4.69) is 25.8 Å². The average molecular weight is 265 g/mol. The zero-order valence-corrected chi connectivity index (χ0v) is 11.0. The Labute approximate surface area is 87.2 Å². The molecule has 0 aliphatic carbocycles. The van der Waals surface area contributed by atoms with Crippen molar-refractivity contribution in [1.29, 1.82) is 0 Å². The van der Waals surface area contributed by atoms with Gasteiger partial charge in [-0.25, -0.2) is 0 Å². The van der Waals surface area contributed by atoms with Gasteiger partial charge in [-0.05, 0) is 25.2 Å². The molecule has 1 radical (unpaired) electrons. The summed E-state index contributed by atoms with van der Waals surface area (Å²) in [6.07, 6.45) is 2.22. The molecule has 1 aliphatic heterocycles. The summed E-state index contributed by atoms with van der Waals surface area (Å²) in [5.41, 5.74) is 2.86. The molecular formula is C6H8Cl3PTi. The molecule has 11 heavy (non-hydrogen) atoms. The van der Waals surface area contributed by atoms with Gasteiger partial charge in [0.1, 0.15) is 0 Å². The van der Waals surface area contributed by atoms with E-state index in [0.717, 1.165) is 0 Å². The van der Waals surface area contributed by atoms with E-state index in [1.165, 1.54) is 19.4 Å². The van der Waals surface area contributed by atoms with Crippen LogP contribution in [0.2, 0.25) is 0 Å². The second kappa shape index (κ2) is 6.95. The predicted molar refractivity (Wildman–Crippen MR) is 53.2 cm³/mol. The molecule has 0 unspecified atom stereocenters. The van der Waals surface area contributed by atoms with Crippen LogP contribution in [0.25, 0.3) is 0 Å². The summed E-state index contributed by atoms with van der Waals surface area (Å²) in [5.74, 6) is 2.22. The Morgan fingerprint density at radius 1 is 1.18 bits per heavy atom. The fourth-order valence-electron chi connectivity index (χ4n) is 0.465. The molecule has 1 aliphatic rings. The summed E-state index contributed by atoms with van der Waals surface area (Å²) in [6.45, 7) is 4.29. The second-order valence-electron chi connectivity index (χ2n) is 1.99. The summed E-state index contributed by atoms with van der Waals surface area (Å²) < 4.78 is 0. The molecule has 0 aromatic rings. The second-order valence-corrected chi connectivity index (χ2v) is 10.5. The average Bonchev–Trinajstić information content (AvgIpc) is 2.15. The molecule has 0 fully saturated rings. The first-order valence-electron chi connectivity index (χ1n) is 2.91. The van der Waals surface area contributed by atoms with E-state index in [1.807, 2.05) is 0 Å². The molecule has 1 rings (SSSR count). The van der Waals surface area contributed by atoms with Gasteiger partial charge in [0.25, 0.3) is 0 Å². The van der Waals surface area contributed by atoms with Gasteiger partial charge in [-0.15, -0.1) is 0 Å². The monoisotopic (exact) mass is 264 g/mol. The zero-order chi connectivity index (χ0) is 8.85. The van der Waals surface area contributed by atoms with Crippen molar-refractivity contribution >= 4 is 41.9 Å². The molecule has 0 nitrogen and oxygen atoms in total. The van der Waals surface area contributed by atoms with Crippen LogP contribution in [-0.4, -0.2) is 5.80 Å². The Balaban J connectivity index is 0.000000218. The van der Waals surface area contributed by atoms with E-state index >= 15 is 0 Å². The van der Waals surface area contributed by atoms with Crippen LogP contribution < -0.4 is 0 Å². The van der Waals surface area contributed by atoms with Crippen molar-refractivity contribution in [2.75, 3.05) is 0 Å². The zero-order valence-electron chi connectivity index (χ0n) is 6.24. The number of halogens is 3. The van der Waals surface area contributed by atoms with Gasteiger partial charge in [0.15, 0.2) is 0 Å². The van der Waals surface area contributed by atoms with Crippen molar-refractivity contribution in [1.82, 2.24) is 0 Å². The van der Waals surface area contributed by atoms with Gasteiger partial charge >= 0.3 is 42.6 Å². The molecule has 0 saturated carbocycles. The van der Waals surface area contributed by atoms with Gasteiger partial charge in [-0.1, -0.05) is 13.8 Å². The standard InChI is InChI=1S/C6H8P.3ClH.Ti/c1-5-3-7-4-6(5)2;;;;/h3-4H,1-2H3;3*1H;/q;;;;+3/p-3. The fraction of sp³-hybridized carbons (Fsp3) is 0.333. The first-order valence-corrected chi connectivity index (χ1v) is 10.4. The molecule has 0 N–H and O–H groups in total. The summed E-state index contributed by atoms with van der Waals surface area (Å²) >= 11 is -1.92. The summed E-state index contributed by atoms with van der Waals surface area (Å²) in [5, 5.41) is 0. The maximum absolute atomic E-state index is 4.97. The normalized spacial score (nSPS) is 16.1. The minimum atomic E-state index is -1.92. The third-order valence-corrected chi connectivity index (χ3v) is 2.23. The predicted octanol–water partition coefficient (Wildman–Crippen LogP) is 4.31. The van der Waals surface area contributed by atoms with Gasteiger partial charge < -0.3 is 0 Å². The molecule has 0 amide bonds. The van der Waals surface area contributed by atoms with Crippen molar-refractivity contribution in [3.05, 3.63) is 17.3 Å². The van der Waals surface area contributed by atoms with E-state index in [9.17, 15) is 0 Å². The van der Waals surface area contributed by atoms with Crippen LogP contribution in [0, 0.1) is 6.16 Å². The van der Waals surface area contributed by atoms with Crippen molar-refractivity contribution in [2.24, 2.45) is 0 Å². The Morgan fingerprint density at radius 3 is 1.73 bits per heavy atom. The van der Waals surface area contributed by atoms with Gasteiger partial charge in [0.05, 0.1) is 0 Å². The molecule has 0 bridgehead atoms. The first kappa shape index (κ1) is 12.5. The summed E-state index contributed by atoms with van der Waals surface area (Å²) in [6, 6.07) is 0. The van der Waals surface area contributed by atoms with Gasteiger partial charge in [0.2, 0.25) is 0 Å². The third-order valence-electron chi connectivity index (χ3n) is 1.16. The molecule has 0 saturated heterocycles. The van der Waals surface area contributed by atoms with Crippen molar-refractivity contribution in [3.8, 4) is 0 Å². The van der Waals surface area contributed by atoms with Crippen LogP contribution in [0.15, 0.2) is 11.1 Å². The van der Waals surface area contributed by atoms with E-state index in [4.69, 9.17) is 27.9 Å². The van der Waals surface area contributed by atoms with Crippen LogP contribution in [0.1, 0.15) is 13.8 Å². The SMILES string of the molecule is CC1=C(C)C=P[CH]1.[Cl][Ti]([Cl])[Cl]. The molecule has 5 heteroatoms. The molecule has 0 aromatic heterocycles. The Bertz CT molecular complexity index is 174. The van der Waals surface area contributed by atoms with Crippen LogP contribution >= 0.6 is 36.1 Å². The number of rotatable bonds is 0. The van der Waals surface area contributed by atoms with Crippen LogP contribution in [0.5, 0.6) is 0 Å². The quantitative estimate of drug-likeness (QED) is 0.452. The van der Waals surface area contributed by atoms with E-state index in [0.29, 0.717) is 0 Å². The summed E-state index contributed by atoms with van der Waals surface area (Å²) in [4.78, 5) is 0. The first-order chi connectivity index (χ1) is 5.04. The third kappa shape index (κ3) is 7.84. The molecule has 0 spiro atoms. The van der Waals surface area contributed by atoms with Crippen molar-refractivity contribution < 1.29 is 14.7 Å². The molecule has 1 heterocycles.